The summed E-state index contributed by atoms with van der Waals surface area (Å²) >= 11 is 0. The summed E-state index contributed by atoms with van der Waals surface area (Å²) < 4.78 is 60.8. The van der Waals surface area contributed by atoms with Crippen molar-refractivity contribution < 1.29 is 27.1 Å². The molecule has 0 unspecified atom stereocenters. The maximum Gasteiger partial charge on any atom is 0.434 e. The molecule has 3 aromatic rings. The Morgan fingerprint density at radius 3 is 2.34 bits per heavy atom. The van der Waals surface area contributed by atoms with E-state index in [4.69, 9.17) is 4.74 Å². The van der Waals surface area contributed by atoms with Crippen molar-refractivity contribution in [1.82, 2.24) is 9.78 Å². The van der Waals surface area contributed by atoms with Crippen LogP contribution in [0.1, 0.15) is 29.9 Å². The highest BCUT2D eigenvalue weighted by molar-refractivity contribution is 6.05. The van der Waals surface area contributed by atoms with E-state index < -0.39 is 34.8 Å². The lowest BCUT2D eigenvalue weighted by Gasteiger charge is -2.13. The van der Waals surface area contributed by atoms with Crippen LogP contribution in [0.25, 0.3) is 5.69 Å². The highest BCUT2D eigenvalue weighted by Gasteiger charge is 2.41. The summed E-state index contributed by atoms with van der Waals surface area (Å²) in [6, 6.07) is 11.1. The van der Waals surface area contributed by atoms with Gasteiger partial charge in [0.25, 0.3) is 5.91 Å². The number of hydrogen-bond acceptors (Lipinski definition) is 3. The normalized spacial score (nSPS) is 11.6. The van der Waals surface area contributed by atoms with Gasteiger partial charge in [0, 0.05) is 5.69 Å². The third-order valence-corrected chi connectivity index (χ3v) is 3.85. The van der Waals surface area contributed by atoms with E-state index in [9.17, 15) is 22.4 Å². The molecule has 0 spiro atoms. The first-order chi connectivity index (χ1) is 13.7. The van der Waals surface area contributed by atoms with Gasteiger partial charge in [-0.1, -0.05) is 12.1 Å². The molecule has 1 aromatic heterocycles. The second-order valence-electron chi connectivity index (χ2n) is 6.41. The van der Waals surface area contributed by atoms with Crippen molar-refractivity contribution in [2.45, 2.75) is 26.1 Å². The first kappa shape index (κ1) is 20.4. The van der Waals surface area contributed by atoms with Crippen LogP contribution in [0.15, 0.2) is 54.7 Å². The minimum atomic E-state index is -4.93. The fraction of sp³-hybridized carbons (Fsp3) is 0.200. The Balaban J connectivity index is 1.92. The van der Waals surface area contributed by atoms with Crippen molar-refractivity contribution in [3.05, 3.63) is 71.8 Å². The second kappa shape index (κ2) is 7.94. The molecule has 152 valence electrons. The molecule has 0 radical (unpaired) electrons. The number of carbonyl (C=O) groups is 1. The molecule has 0 fully saturated rings. The highest BCUT2D eigenvalue weighted by Crippen LogP contribution is 2.34. The van der Waals surface area contributed by atoms with Crippen LogP contribution in [-0.2, 0) is 6.18 Å². The molecule has 3 rings (SSSR count). The van der Waals surface area contributed by atoms with Gasteiger partial charge in [-0.15, -0.1) is 0 Å². The number of halogens is 4. The molecule has 5 nitrogen and oxygen atoms in total. The van der Waals surface area contributed by atoms with Crippen LogP contribution in [0.2, 0.25) is 0 Å². The molecular formula is C20H17F4N3O2. The zero-order chi connectivity index (χ0) is 21.2. The number of ether oxygens (including phenoxy) is 1. The Labute approximate surface area is 163 Å². The Hall–Kier alpha value is -3.36. The Morgan fingerprint density at radius 2 is 1.76 bits per heavy atom. The smallest absolute Gasteiger partial charge is 0.434 e. The maximum atomic E-state index is 14.0. The number of nitrogens with zero attached hydrogens (tertiary/aromatic N) is 2. The van der Waals surface area contributed by atoms with Gasteiger partial charge in [-0.05, 0) is 50.2 Å². The largest absolute Gasteiger partial charge is 0.491 e. The topological polar surface area (TPSA) is 56.1 Å². The lowest BCUT2D eigenvalue weighted by atomic mass is 10.2. The van der Waals surface area contributed by atoms with Crippen LogP contribution in [-0.4, -0.2) is 21.8 Å². The van der Waals surface area contributed by atoms with E-state index in [0.29, 0.717) is 10.4 Å². The number of amides is 1. The van der Waals surface area contributed by atoms with Crippen LogP contribution >= 0.6 is 0 Å². The summed E-state index contributed by atoms with van der Waals surface area (Å²) in [6.07, 6.45) is -4.21. The highest BCUT2D eigenvalue weighted by atomic mass is 19.4. The Morgan fingerprint density at radius 1 is 1.10 bits per heavy atom. The molecule has 0 aliphatic carbocycles. The first-order valence-corrected chi connectivity index (χ1v) is 8.65. The monoisotopic (exact) mass is 407 g/mol. The lowest BCUT2D eigenvalue weighted by molar-refractivity contribution is -0.143. The molecule has 0 aliphatic heterocycles. The predicted octanol–water partition coefficient (Wildman–Crippen LogP) is 5.07. The van der Waals surface area contributed by atoms with Gasteiger partial charge in [-0.2, -0.15) is 18.3 Å². The van der Waals surface area contributed by atoms with Crippen LogP contribution in [0, 0.1) is 5.82 Å². The standard InChI is InChI=1S/C20H17F4N3O2/c1-12(2)29-14-9-7-13(8-10-14)26-19(28)15-11-25-27(18(15)20(22,23)24)17-6-4-3-5-16(17)21/h3-12H,1-2H3,(H,26,28). The molecule has 0 aliphatic rings. The number of benzene rings is 2. The van der Waals surface area contributed by atoms with Gasteiger partial charge in [0.2, 0.25) is 0 Å². The second-order valence-corrected chi connectivity index (χ2v) is 6.41. The fourth-order valence-electron chi connectivity index (χ4n) is 2.68. The van der Waals surface area contributed by atoms with Crippen LogP contribution in [0.3, 0.4) is 0 Å². The van der Waals surface area contributed by atoms with Crippen LogP contribution < -0.4 is 10.1 Å². The van der Waals surface area contributed by atoms with E-state index in [2.05, 4.69) is 10.4 Å². The summed E-state index contributed by atoms with van der Waals surface area (Å²) in [7, 11) is 0. The summed E-state index contributed by atoms with van der Waals surface area (Å²) in [5.74, 6) is -1.35. The zero-order valence-electron chi connectivity index (χ0n) is 15.5. The van der Waals surface area contributed by atoms with Crippen LogP contribution in [0.4, 0.5) is 23.2 Å². The third kappa shape index (κ3) is 4.56. The summed E-state index contributed by atoms with van der Waals surface area (Å²) in [5.41, 5.74) is -2.21. The van der Waals surface area contributed by atoms with Gasteiger partial charge in [0.1, 0.15) is 17.3 Å². The van der Waals surface area contributed by atoms with Crippen molar-refractivity contribution in [3.8, 4) is 11.4 Å². The third-order valence-electron chi connectivity index (χ3n) is 3.85. The Kier molecular flexibility index (Phi) is 5.58. The van der Waals surface area contributed by atoms with Crippen molar-refractivity contribution in [3.63, 3.8) is 0 Å². The average molecular weight is 407 g/mol. The van der Waals surface area contributed by atoms with E-state index in [1.807, 2.05) is 13.8 Å². The van der Waals surface area contributed by atoms with E-state index in [1.54, 1.807) is 12.1 Å². The van der Waals surface area contributed by atoms with Gasteiger partial charge >= 0.3 is 6.18 Å². The summed E-state index contributed by atoms with van der Waals surface area (Å²) in [5, 5.41) is 5.99. The summed E-state index contributed by atoms with van der Waals surface area (Å²) in [6.45, 7) is 3.70. The number of para-hydroxylation sites is 1. The molecular weight excluding hydrogens is 390 g/mol. The molecule has 9 heteroatoms. The van der Waals surface area contributed by atoms with Gasteiger partial charge < -0.3 is 10.1 Å². The molecule has 1 N–H and O–H groups in total. The van der Waals surface area contributed by atoms with Crippen LogP contribution in [0.5, 0.6) is 5.75 Å². The van der Waals surface area contributed by atoms with E-state index in [-0.39, 0.29) is 11.8 Å². The average Bonchev–Trinajstić information content (AvgIpc) is 3.09. The zero-order valence-corrected chi connectivity index (χ0v) is 15.5. The molecule has 2 aromatic carbocycles. The van der Waals surface area contributed by atoms with E-state index >= 15 is 0 Å². The number of anilines is 1. The molecule has 1 amide bonds. The number of carbonyl (C=O) groups excluding carboxylic acids is 1. The molecule has 0 saturated heterocycles. The summed E-state index contributed by atoms with van der Waals surface area (Å²) in [4.78, 5) is 12.5. The predicted molar refractivity (Wildman–Crippen MR) is 98.7 cm³/mol. The number of nitrogens with one attached hydrogen (secondary N) is 1. The van der Waals surface area contributed by atoms with Gasteiger partial charge in [0.05, 0.1) is 17.9 Å². The number of alkyl halides is 3. The van der Waals surface area contributed by atoms with E-state index in [0.717, 1.165) is 18.3 Å². The van der Waals surface area contributed by atoms with Crippen molar-refractivity contribution in [1.29, 1.82) is 0 Å². The maximum absolute atomic E-state index is 14.0. The fourth-order valence-corrected chi connectivity index (χ4v) is 2.68. The van der Waals surface area contributed by atoms with Gasteiger partial charge in [-0.25, -0.2) is 9.07 Å². The number of rotatable bonds is 5. The minimum Gasteiger partial charge on any atom is -0.491 e. The lowest BCUT2D eigenvalue weighted by Crippen LogP contribution is -2.21. The van der Waals surface area contributed by atoms with Gasteiger partial charge in [0.15, 0.2) is 5.69 Å². The SMILES string of the molecule is CC(C)Oc1ccc(NC(=O)c2cnn(-c3ccccc3F)c2C(F)(F)F)cc1. The number of aromatic nitrogens is 2. The quantitative estimate of drug-likeness (QED) is 0.601. The van der Waals surface area contributed by atoms with Crippen molar-refractivity contribution in [2.75, 3.05) is 5.32 Å². The van der Waals surface area contributed by atoms with E-state index in [1.165, 1.54) is 24.3 Å². The Bertz CT molecular complexity index is 1010. The molecule has 29 heavy (non-hydrogen) atoms. The minimum absolute atomic E-state index is 0.0472. The first-order valence-electron chi connectivity index (χ1n) is 8.65. The van der Waals surface area contributed by atoms with Crippen molar-refractivity contribution >= 4 is 11.6 Å². The molecule has 0 atom stereocenters. The van der Waals surface area contributed by atoms with Crippen molar-refractivity contribution in [2.24, 2.45) is 0 Å². The van der Waals surface area contributed by atoms with Gasteiger partial charge in [-0.3, -0.25) is 4.79 Å². The molecule has 0 bridgehead atoms. The molecule has 0 saturated carbocycles. The molecule has 1 heterocycles. The number of hydrogen-bond donors (Lipinski definition) is 1.